The normalized spacial score (nSPS) is 16.3. The van der Waals surface area contributed by atoms with Gasteiger partial charge in [0.2, 0.25) is 0 Å². The first-order valence-electron chi connectivity index (χ1n) is 8.53. The third-order valence-electron chi connectivity index (χ3n) is 4.34. The van der Waals surface area contributed by atoms with Crippen LogP contribution in [0, 0.1) is 10.1 Å². The minimum atomic E-state index is -0.566. The fourth-order valence-corrected chi connectivity index (χ4v) is 4.28. The van der Waals surface area contributed by atoms with Crippen LogP contribution < -0.4 is 10.0 Å². The molecule has 2 aromatic rings. The van der Waals surface area contributed by atoms with Gasteiger partial charge >= 0.3 is 5.97 Å². The number of hydrogen-bond acceptors (Lipinski definition) is 7. The van der Waals surface area contributed by atoms with Crippen molar-refractivity contribution in [1.29, 1.82) is 0 Å². The molecular formula is C18H19N3O5S. The SMILES string of the molecule is CCOC(=O)c1c(N=Cc2cc([N+](=O)[O-])ccc2[O-])sc2c1CC[NH+](C)C2. The second kappa shape index (κ2) is 7.85. The zero-order valence-corrected chi connectivity index (χ0v) is 15.8. The number of nitro benzene ring substituents is 1. The highest BCUT2D eigenvalue weighted by Gasteiger charge is 2.29. The summed E-state index contributed by atoms with van der Waals surface area (Å²) in [5.74, 6) is -0.796. The zero-order valence-electron chi connectivity index (χ0n) is 15.0. The fourth-order valence-electron chi connectivity index (χ4n) is 2.99. The van der Waals surface area contributed by atoms with Crippen molar-refractivity contribution >= 4 is 34.2 Å². The average Bonchev–Trinajstić information content (AvgIpc) is 2.98. The zero-order chi connectivity index (χ0) is 19.6. The number of aliphatic imine (C=N–C) groups is 1. The molecule has 1 aliphatic rings. The number of ether oxygens (including phenoxy) is 1. The molecule has 0 amide bonds. The number of nitrogens with zero attached hydrogens (tertiary/aromatic N) is 2. The van der Waals surface area contributed by atoms with E-state index in [2.05, 4.69) is 12.0 Å². The van der Waals surface area contributed by atoms with Gasteiger partial charge in [0, 0.05) is 24.8 Å². The Kier molecular flexibility index (Phi) is 5.52. The molecule has 0 saturated heterocycles. The number of non-ortho nitro benzene ring substituents is 1. The molecule has 27 heavy (non-hydrogen) atoms. The molecule has 8 nitrogen and oxygen atoms in total. The van der Waals surface area contributed by atoms with E-state index in [1.807, 2.05) is 0 Å². The Morgan fingerprint density at radius 3 is 2.96 bits per heavy atom. The predicted octanol–water partition coefficient (Wildman–Crippen LogP) is 1.23. The highest BCUT2D eigenvalue weighted by atomic mass is 32.1. The smallest absolute Gasteiger partial charge is 0.341 e. The van der Waals surface area contributed by atoms with Crippen LogP contribution in [0.5, 0.6) is 5.75 Å². The molecule has 1 N–H and O–H groups in total. The molecule has 2 heterocycles. The van der Waals surface area contributed by atoms with Crippen LogP contribution in [0.1, 0.15) is 33.3 Å². The molecule has 0 fully saturated rings. The van der Waals surface area contributed by atoms with Crippen LogP contribution in [0.3, 0.4) is 0 Å². The van der Waals surface area contributed by atoms with Gasteiger partial charge in [-0.2, -0.15) is 0 Å². The number of benzene rings is 1. The van der Waals surface area contributed by atoms with Crippen LogP contribution in [-0.4, -0.2) is 37.3 Å². The molecular weight excluding hydrogens is 370 g/mol. The van der Waals surface area contributed by atoms with Crippen molar-refractivity contribution in [3.63, 3.8) is 0 Å². The maximum atomic E-state index is 12.5. The summed E-state index contributed by atoms with van der Waals surface area (Å²) in [5.41, 5.74) is 1.32. The van der Waals surface area contributed by atoms with Crippen LogP contribution >= 0.6 is 11.3 Å². The molecule has 0 saturated carbocycles. The van der Waals surface area contributed by atoms with E-state index in [0.29, 0.717) is 10.6 Å². The lowest BCUT2D eigenvalue weighted by atomic mass is 10.0. The van der Waals surface area contributed by atoms with Gasteiger partial charge in [-0.05, 0) is 18.1 Å². The van der Waals surface area contributed by atoms with E-state index >= 15 is 0 Å². The van der Waals surface area contributed by atoms with Crippen molar-refractivity contribution in [2.45, 2.75) is 19.9 Å². The number of thiophene rings is 1. The molecule has 1 atom stereocenters. The number of carbonyl (C=O) groups excluding carboxylic acids is 1. The molecule has 142 valence electrons. The molecule has 1 unspecified atom stereocenters. The highest BCUT2D eigenvalue weighted by Crippen LogP contribution is 2.37. The second-order valence-electron chi connectivity index (χ2n) is 6.28. The van der Waals surface area contributed by atoms with E-state index in [1.54, 1.807) is 6.92 Å². The maximum Gasteiger partial charge on any atom is 0.341 e. The van der Waals surface area contributed by atoms with Crippen LogP contribution in [-0.2, 0) is 17.7 Å². The van der Waals surface area contributed by atoms with E-state index in [4.69, 9.17) is 4.74 Å². The lowest BCUT2D eigenvalue weighted by Gasteiger charge is -2.19. The first-order valence-corrected chi connectivity index (χ1v) is 9.34. The van der Waals surface area contributed by atoms with Crippen LogP contribution in [0.15, 0.2) is 23.2 Å². The van der Waals surface area contributed by atoms with Crippen molar-refractivity contribution in [2.75, 3.05) is 20.2 Å². The molecule has 1 aromatic heterocycles. The number of carbonyl (C=O) groups is 1. The van der Waals surface area contributed by atoms with Gasteiger partial charge in [-0.3, -0.25) is 10.1 Å². The molecule has 0 spiro atoms. The Bertz CT molecular complexity index is 922. The molecule has 0 aliphatic carbocycles. The van der Waals surface area contributed by atoms with Gasteiger partial charge < -0.3 is 14.7 Å². The maximum absolute atomic E-state index is 12.5. The lowest BCUT2D eigenvalue weighted by Crippen LogP contribution is -3.08. The summed E-state index contributed by atoms with van der Waals surface area (Å²) in [7, 11) is 2.09. The number of hydrogen-bond donors (Lipinski definition) is 1. The van der Waals surface area contributed by atoms with E-state index in [1.165, 1.54) is 28.5 Å². The summed E-state index contributed by atoms with van der Waals surface area (Å²) >= 11 is 1.40. The summed E-state index contributed by atoms with van der Waals surface area (Å²) in [6.45, 7) is 3.71. The molecule has 1 aliphatic heterocycles. The Labute approximate surface area is 159 Å². The average molecular weight is 389 g/mol. The standard InChI is InChI=1S/C18H19N3O5S/c1-3-26-18(23)16-13-6-7-20(2)10-15(13)27-17(16)19-9-11-8-12(21(24)25)4-5-14(11)22/h4-5,8-9,22H,3,6-7,10H2,1-2H3. The van der Waals surface area contributed by atoms with Gasteiger partial charge in [0.25, 0.3) is 5.69 Å². The van der Waals surface area contributed by atoms with Gasteiger partial charge in [-0.25, -0.2) is 9.79 Å². The van der Waals surface area contributed by atoms with Crippen molar-refractivity contribution in [3.8, 4) is 5.75 Å². The third-order valence-corrected chi connectivity index (χ3v) is 5.48. The van der Waals surface area contributed by atoms with Gasteiger partial charge in [-0.15, -0.1) is 11.3 Å². The van der Waals surface area contributed by atoms with Crippen molar-refractivity contribution < 1.29 is 24.5 Å². The Morgan fingerprint density at radius 2 is 2.26 bits per heavy atom. The summed E-state index contributed by atoms with van der Waals surface area (Å²) < 4.78 is 5.18. The second-order valence-corrected chi connectivity index (χ2v) is 7.36. The first kappa shape index (κ1) is 19.0. The summed E-state index contributed by atoms with van der Waals surface area (Å²) in [5, 5.41) is 23.4. The summed E-state index contributed by atoms with van der Waals surface area (Å²) in [6, 6.07) is 3.48. The number of esters is 1. The van der Waals surface area contributed by atoms with Crippen molar-refractivity contribution in [2.24, 2.45) is 4.99 Å². The van der Waals surface area contributed by atoms with Crippen LogP contribution in [0.4, 0.5) is 10.7 Å². The van der Waals surface area contributed by atoms with Crippen molar-refractivity contribution in [1.82, 2.24) is 0 Å². The van der Waals surface area contributed by atoms with E-state index in [0.717, 1.165) is 42.1 Å². The number of quaternary nitrogens is 1. The molecule has 3 rings (SSSR count). The minimum absolute atomic E-state index is 0.105. The van der Waals surface area contributed by atoms with Crippen molar-refractivity contribution in [3.05, 3.63) is 49.9 Å². The third kappa shape index (κ3) is 3.99. The largest absolute Gasteiger partial charge is 0.872 e. The number of nitrogens with one attached hydrogen (secondary N) is 1. The lowest BCUT2D eigenvalue weighted by molar-refractivity contribution is -0.895. The summed E-state index contributed by atoms with van der Waals surface area (Å²) in [4.78, 5) is 29.6. The van der Waals surface area contributed by atoms with Gasteiger partial charge in [0.05, 0.1) is 30.0 Å². The Balaban J connectivity index is 2.01. The molecule has 0 radical (unpaired) electrons. The van der Waals surface area contributed by atoms with Crippen LogP contribution in [0.2, 0.25) is 0 Å². The quantitative estimate of drug-likeness (QED) is 0.358. The minimum Gasteiger partial charge on any atom is -0.872 e. The highest BCUT2D eigenvalue weighted by molar-refractivity contribution is 7.16. The van der Waals surface area contributed by atoms with E-state index in [9.17, 15) is 20.0 Å². The van der Waals surface area contributed by atoms with E-state index in [-0.39, 0.29) is 23.6 Å². The van der Waals surface area contributed by atoms with Crippen LogP contribution in [0.25, 0.3) is 0 Å². The molecule has 0 bridgehead atoms. The van der Waals surface area contributed by atoms with Gasteiger partial charge in [-0.1, -0.05) is 11.8 Å². The number of nitro groups is 1. The fraction of sp³-hybridized carbons (Fsp3) is 0.333. The Hall–Kier alpha value is -2.78. The monoisotopic (exact) mass is 389 g/mol. The number of likely N-dealkylation sites (N-methyl/N-ethyl adjacent to an activating group) is 1. The van der Waals surface area contributed by atoms with E-state index < -0.39 is 10.9 Å². The number of fused-ring (bicyclic) bond motifs is 1. The molecule has 1 aromatic carbocycles. The first-order chi connectivity index (χ1) is 12.9. The number of rotatable bonds is 5. The molecule has 9 heteroatoms. The Morgan fingerprint density at radius 1 is 1.48 bits per heavy atom. The summed E-state index contributed by atoms with van der Waals surface area (Å²) in [6.07, 6.45) is 2.04. The topological polar surface area (TPSA) is 109 Å². The van der Waals surface area contributed by atoms with Gasteiger partial charge in [0.15, 0.2) is 0 Å². The predicted molar refractivity (Wildman–Crippen MR) is 99.2 cm³/mol. The van der Waals surface area contributed by atoms with Gasteiger partial charge in [0.1, 0.15) is 17.1 Å².